The van der Waals surface area contributed by atoms with Gasteiger partial charge in [0.25, 0.3) is 0 Å². The van der Waals surface area contributed by atoms with E-state index in [2.05, 4.69) is 11.9 Å². The summed E-state index contributed by atoms with van der Waals surface area (Å²) in [6.45, 7) is 5.97. The van der Waals surface area contributed by atoms with Gasteiger partial charge in [-0.05, 0) is 31.5 Å². The fraction of sp³-hybridized carbons (Fsp3) is 0.533. The maximum absolute atomic E-state index is 13.4. The van der Waals surface area contributed by atoms with Gasteiger partial charge in [-0.1, -0.05) is 13.3 Å². The van der Waals surface area contributed by atoms with Gasteiger partial charge in [0, 0.05) is 13.2 Å². The molecule has 0 radical (unpaired) electrons. The highest BCUT2D eigenvalue weighted by atomic mass is 35.5. The Morgan fingerprint density at radius 2 is 2.20 bits per heavy atom. The first-order valence-electron chi connectivity index (χ1n) is 7.01. The maximum Gasteiger partial charge on any atom is 0.127 e. The molecule has 0 fully saturated rings. The molecule has 0 saturated carbocycles. The van der Waals surface area contributed by atoms with E-state index < -0.39 is 0 Å². The zero-order chi connectivity index (χ0) is 14.5. The van der Waals surface area contributed by atoms with Crippen molar-refractivity contribution in [1.29, 1.82) is 0 Å². The summed E-state index contributed by atoms with van der Waals surface area (Å²) in [7, 11) is 0. The number of fused-ring (bicyclic) bond motifs is 1. The third-order valence-corrected chi connectivity index (χ3v) is 3.39. The third-order valence-electron chi connectivity index (χ3n) is 3.20. The minimum atomic E-state index is -0.265. The Kier molecular flexibility index (Phi) is 5.38. The summed E-state index contributed by atoms with van der Waals surface area (Å²) < 4.78 is 20.9. The Hall–Kier alpha value is -1.13. The average Bonchev–Trinajstić information content (AvgIpc) is 2.77. The monoisotopic (exact) mass is 298 g/mol. The number of unbranched alkanes of at least 4 members (excludes halogenated alkanes) is 1. The zero-order valence-electron chi connectivity index (χ0n) is 11.9. The van der Waals surface area contributed by atoms with Gasteiger partial charge in [-0.25, -0.2) is 9.37 Å². The number of imidazole rings is 1. The van der Waals surface area contributed by atoms with Crippen LogP contribution in [0.2, 0.25) is 0 Å². The fourth-order valence-electron chi connectivity index (χ4n) is 2.16. The molecule has 0 spiro atoms. The van der Waals surface area contributed by atoms with Crippen LogP contribution in [-0.4, -0.2) is 22.8 Å². The predicted molar refractivity (Wildman–Crippen MR) is 79.7 cm³/mol. The van der Waals surface area contributed by atoms with Crippen LogP contribution in [0.1, 0.15) is 37.9 Å². The average molecular weight is 299 g/mol. The predicted octanol–water partition coefficient (Wildman–Crippen LogP) is 4.29. The van der Waals surface area contributed by atoms with E-state index in [1.165, 1.54) is 12.1 Å². The maximum atomic E-state index is 13.4. The van der Waals surface area contributed by atoms with Crippen molar-refractivity contribution in [2.75, 3.05) is 13.2 Å². The molecule has 2 aromatic rings. The van der Waals surface area contributed by atoms with Crippen LogP contribution < -0.4 is 0 Å². The van der Waals surface area contributed by atoms with E-state index in [1.807, 2.05) is 11.5 Å². The molecule has 0 aliphatic heterocycles. The first-order chi connectivity index (χ1) is 9.63. The lowest BCUT2D eigenvalue weighted by molar-refractivity contribution is 0.123. The van der Waals surface area contributed by atoms with Gasteiger partial charge in [-0.2, -0.15) is 0 Å². The molecule has 0 amide bonds. The van der Waals surface area contributed by atoms with Gasteiger partial charge >= 0.3 is 0 Å². The van der Waals surface area contributed by atoms with Gasteiger partial charge in [0.15, 0.2) is 0 Å². The van der Waals surface area contributed by atoms with Crippen LogP contribution in [0.5, 0.6) is 0 Å². The fourth-order valence-corrected chi connectivity index (χ4v) is 2.32. The molecule has 2 rings (SSSR count). The van der Waals surface area contributed by atoms with Crippen LogP contribution in [0, 0.1) is 5.82 Å². The van der Waals surface area contributed by atoms with E-state index in [1.54, 1.807) is 6.07 Å². The Bertz CT molecular complexity index is 568. The van der Waals surface area contributed by atoms with Crippen molar-refractivity contribution in [1.82, 2.24) is 9.55 Å². The summed E-state index contributed by atoms with van der Waals surface area (Å²) in [4.78, 5) is 4.48. The molecular weight excluding hydrogens is 279 g/mol. The van der Waals surface area contributed by atoms with Crippen molar-refractivity contribution in [3.05, 3.63) is 29.8 Å². The summed E-state index contributed by atoms with van der Waals surface area (Å²) in [5.41, 5.74) is 1.54. The smallest absolute Gasteiger partial charge is 0.127 e. The standard InChI is InChI=1S/C15H20ClFN2O/c1-3-4-8-20-9-7-19-14-10-12(17)5-6-13(14)18-15(19)11(2)16/h5-6,10-11H,3-4,7-9H2,1-2H3. The Morgan fingerprint density at radius 3 is 2.90 bits per heavy atom. The van der Waals surface area contributed by atoms with Gasteiger partial charge in [0.1, 0.15) is 11.6 Å². The molecule has 3 nitrogen and oxygen atoms in total. The Labute approximate surface area is 123 Å². The van der Waals surface area contributed by atoms with Crippen LogP contribution in [0.3, 0.4) is 0 Å². The molecule has 1 heterocycles. The third kappa shape index (κ3) is 3.49. The molecule has 0 bridgehead atoms. The number of aromatic nitrogens is 2. The molecule has 110 valence electrons. The largest absolute Gasteiger partial charge is 0.380 e. The van der Waals surface area contributed by atoms with Crippen LogP contribution in [0.4, 0.5) is 4.39 Å². The summed E-state index contributed by atoms with van der Waals surface area (Å²) in [5.74, 6) is 0.491. The van der Waals surface area contributed by atoms with Crippen molar-refractivity contribution in [3.63, 3.8) is 0 Å². The lowest BCUT2D eigenvalue weighted by atomic mass is 10.3. The van der Waals surface area contributed by atoms with Crippen molar-refractivity contribution in [2.45, 2.75) is 38.6 Å². The van der Waals surface area contributed by atoms with Crippen LogP contribution in [0.15, 0.2) is 18.2 Å². The quantitative estimate of drug-likeness (QED) is 0.563. The van der Waals surface area contributed by atoms with E-state index in [-0.39, 0.29) is 11.2 Å². The van der Waals surface area contributed by atoms with Crippen LogP contribution >= 0.6 is 11.6 Å². The molecule has 1 aromatic heterocycles. The van der Waals surface area contributed by atoms with Gasteiger partial charge in [0.2, 0.25) is 0 Å². The first-order valence-corrected chi connectivity index (χ1v) is 7.44. The minimum Gasteiger partial charge on any atom is -0.380 e. The van der Waals surface area contributed by atoms with Crippen molar-refractivity contribution < 1.29 is 9.13 Å². The molecule has 0 aliphatic carbocycles. The number of nitrogens with zero attached hydrogens (tertiary/aromatic N) is 2. The minimum absolute atomic E-state index is 0.221. The van der Waals surface area contributed by atoms with E-state index in [0.717, 1.165) is 36.3 Å². The van der Waals surface area contributed by atoms with Crippen molar-refractivity contribution in [3.8, 4) is 0 Å². The van der Waals surface area contributed by atoms with E-state index >= 15 is 0 Å². The lowest BCUT2D eigenvalue weighted by Crippen LogP contribution is -2.10. The van der Waals surface area contributed by atoms with Crippen molar-refractivity contribution >= 4 is 22.6 Å². The lowest BCUT2D eigenvalue weighted by Gasteiger charge is -2.11. The summed E-state index contributed by atoms with van der Waals surface area (Å²) >= 11 is 6.16. The van der Waals surface area contributed by atoms with Crippen LogP contribution in [0.25, 0.3) is 11.0 Å². The molecule has 5 heteroatoms. The SMILES string of the molecule is CCCCOCCn1c(C(C)Cl)nc2ccc(F)cc21. The Balaban J connectivity index is 2.19. The first kappa shape index (κ1) is 15.3. The van der Waals surface area contributed by atoms with Crippen LogP contribution in [-0.2, 0) is 11.3 Å². The topological polar surface area (TPSA) is 27.1 Å². The summed E-state index contributed by atoms with van der Waals surface area (Å²) in [6.07, 6.45) is 2.17. The molecule has 0 aliphatic rings. The number of ether oxygens (including phenoxy) is 1. The number of hydrogen-bond donors (Lipinski definition) is 0. The molecule has 1 aromatic carbocycles. The van der Waals surface area contributed by atoms with Gasteiger partial charge in [0.05, 0.1) is 23.0 Å². The highest BCUT2D eigenvalue weighted by Gasteiger charge is 2.15. The second-order valence-electron chi connectivity index (χ2n) is 4.84. The molecule has 0 saturated heterocycles. The number of halogens is 2. The molecule has 1 atom stereocenters. The van der Waals surface area contributed by atoms with E-state index in [0.29, 0.717) is 13.2 Å². The second-order valence-corrected chi connectivity index (χ2v) is 5.49. The highest BCUT2D eigenvalue weighted by molar-refractivity contribution is 6.20. The van der Waals surface area contributed by atoms with Crippen molar-refractivity contribution in [2.24, 2.45) is 0 Å². The van der Waals surface area contributed by atoms with Gasteiger partial charge in [-0.15, -0.1) is 11.6 Å². The van der Waals surface area contributed by atoms with Gasteiger partial charge < -0.3 is 9.30 Å². The van der Waals surface area contributed by atoms with Gasteiger partial charge in [-0.3, -0.25) is 0 Å². The zero-order valence-corrected chi connectivity index (χ0v) is 12.7. The molecule has 0 N–H and O–H groups in total. The van der Waals surface area contributed by atoms with E-state index in [4.69, 9.17) is 16.3 Å². The summed E-state index contributed by atoms with van der Waals surface area (Å²) in [6, 6.07) is 4.60. The normalized spacial score (nSPS) is 13.0. The molecule has 20 heavy (non-hydrogen) atoms. The highest BCUT2D eigenvalue weighted by Crippen LogP contribution is 2.25. The second kappa shape index (κ2) is 7.04. The number of hydrogen-bond acceptors (Lipinski definition) is 2. The van der Waals surface area contributed by atoms with E-state index in [9.17, 15) is 4.39 Å². The molecular formula is C15H20ClFN2O. The number of benzene rings is 1. The molecule has 1 unspecified atom stereocenters. The summed E-state index contributed by atoms with van der Waals surface area (Å²) in [5, 5.41) is -0.221. The number of alkyl halides is 1. The Morgan fingerprint density at radius 1 is 1.40 bits per heavy atom. The number of rotatable bonds is 7.